The number of hydrogen-bond acceptors (Lipinski definition) is 4. The zero-order valence-electron chi connectivity index (χ0n) is 16.6. The molecule has 3 aromatic rings. The number of amides is 1. The second kappa shape index (κ2) is 8.39. The Labute approximate surface area is 170 Å². The molecule has 0 saturated heterocycles. The molecule has 0 atom stereocenters. The average Bonchev–Trinajstić information content (AvgIpc) is 3.02. The van der Waals surface area contributed by atoms with Crippen molar-refractivity contribution >= 4 is 23.8 Å². The number of aromatic amines is 1. The molecule has 0 aliphatic heterocycles. The van der Waals surface area contributed by atoms with Crippen LogP contribution in [0.5, 0.6) is 0 Å². The summed E-state index contributed by atoms with van der Waals surface area (Å²) in [7, 11) is 5.81. The molecule has 0 saturated carbocycles. The number of nitrogens with zero attached hydrogens (tertiary/aromatic N) is 4. The number of aromatic nitrogens is 3. The number of carbonyl (C=O) groups excluding carboxylic acids is 1. The molecule has 7 heteroatoms. The predicted molar refractivity (Wildman–Crippen MR) is 115 cm³/mol. The van der Waals surface area contributed by atoms with Gasteiger partial charge in [0.1, 0.15) is 6.54 Å². The molecule has 0 fully saturated rings. The van der Waals surface area contributed by atoms with Crippen LogP contribution < -0.4 is 4.90 Å². The van der Waals surface area contributed by atoms with E-state index in [4.69, 9.17) is 12.2 Å². The van der Waals surface area contributed by atoms with Gasteiger partial charge in [0.2, 0.25) is 5.91 Å². The number of benzene rings is 2. The fourth-order valence-electron chi connectivity index (χ4n) is 2.99. The standard InChI is InChI=1S/C21H25N5OS/c1-15-6-5-7-17(12-15)20-22-23-21(28)26(20)14-19(27)25(4)13-16-8-10-18(11-9-16)24(2)3/h5-12H,13-14H2,1-4H3,(H,23,28). The van der Waals surface area contributed by atoms with E-state index in [-0.39, 0.29) is 12.5 Å². The summed E-state index contributed by atoms with van der Waals surface area (Å²) in [5, 5.41) is 7.13. The Kier molecular flexibility index (Phi) is 5.94. The summed E-state index contributed by atoms with van der Waals surface area (Å²) in [5.74, 6) is 0.647. The van der Waals surface area contributed by atoms with Gasteiger partial charge in [-0.05, 0) is 42.9 Å². The third-order valence-electron chi connectivity index (χ3n) is 4.63. The van der Waals surface area contributed by atoms with Crippen LogP contribution in [-0.2, 0) is 17.9 Å². The number of H-pyrrole nitrogens is 1. The van der Waals surface area contributed by atoms with Crippen molar-refractivity contribution in [2.24, 2.45) is 0 Å². The monoisotopic (exact) mass is 395 g/mol. The van der Waals surface area contributed by atoms with E-state index in [1.807, 2.05) is 62.3 Å². The number of aryl methyl sites for hydroxylation is 1. The van der Waals surface area contributed by atoms with Gasteiger partial charge in [0.15, 0.2) is 10.6 Å². The molecule has 0 bridgehead atoms. The first-order chi connectivity index (χ1) is 13.3. The molecule has 0 aliphatic carbocycles. The van der Waals surface area contributed by atoms with Gasteiger partial charge in [0, 0.05) is 38.9 Å². The summed E-state index contributed by atoms with van der Waals surface area (Å²) in [4.78, 5) is 16.6. The van der Waals surface area contributed by atoms with E-state index in [1.54, 1.807) is 16.5 Å². The zero-order valence-corrected chi connectivity index (χ0v) is 17.5. The van der Waals surface area contributed by atoms with Crippen molar-refractivity contribution in [2.75, 3.05) is 26.0 Å². The van der Waals surface area contributed by atoms with Crippen molar-refractivity contribution in [1.82, 2.24) is 19.7 Å². The van der Waals surface area contributed by atoms with Crippen LogP contribution in [0.3, 0.4) is 0 Å². The number of carbonyl (C=O) groups is 1. The minimum atomic E-state index is -0.0249. The topological polar surface area (TPSA) is 57.2 Å². The second-order valence-electron chi connectivity index (χ2n) is 7.12. The van der Waals surface area contributed by atoms with E-state index in [2.05, 4.69) is 22.3 Å². The molecule has 1 heterocycles. The summed E-state index contributed by atoms with van der Waals surface area (Å²) in [6.07, 6.45) is 0. The van der Waals surface area contributed by atoms with Crippen LogP contribution in [0.4, 0.5) is 5.69 Å². The minimum Gasteiger partial charge on any atom is -0.378 e. The molecule has 28 heavy (non-hydrogen) atoms. The van der Waals surface area contributed by atoms with Gasteiger partial charge in [-0.2, -0.15) is 5.10 Å². The van der Waals surface area contributed by atoms with Crippen LogP contribution in [0.1, 0.15) is 11.1 Å². The molecular formula is C21H25N5OS. The van der Waals surface area contributed by atoms with Crippen LogP contribution in [0.15, 0.2) is 48.5 Å². The summed E-state index contributed by atoms with van der Waals surface area (Å²) in [6.45, 7) is 2.71. The summed E-state index contributed by atoms with van der Waals surface area (Å²) < 4.78 is 2.19. The lowest BCUT2D eigenvalue weighted by Gasteiger charge is -2.19. The van der Waals surface area contributed by atoms with E-state index in [1.165, 1.54) is 0 Å². The lowest BCUT2D eigenvalue weighted by molar-refractivity contribution is -0.131. The molecule has 6 nitrogen and oxygen atoms in total. The van der Waals surface area contributed by atoms with Crippen LogP contribution in [0, 0.1) is 11.7 Å². The Bertz CT molecular complexity index is 1020. The van der Waals surface area contributed by atoms with Gasteiger partial charge < -0.3 is 9.80 Å². The molecule has 0 unspecified atom stereocenters. The maximum atomic E-state index is 12.8. The first kappa shape index (κ1) is 19.8. The molecule has 146 valence electrons. The third kappa shape index (κ3) is 4.48. The second-order valence-corrected chi connectivity index (χ2v) is 7.51. The van der Waals surface area contributed by atoms with E-state index in [9.17, 15) is 4.79 Å². The number of rotatable bonds is 6. The number of hydrogen-bond donors (Lipinski definition) is 1. The highest BCUT2D eigenvalue weighted by molar-refractivity contribution is 7.71. The van der Waals surface area contributed by atoms with Crippen molar-refractivity contribution in [3.63, 3.8) is 0 Å². The zero-order chi connectivity index (χ0) is 20.3. The van der Waals surface area contributed by atoms with Crippen molar-refractivity contribution < 1.29 is 4.79 Å². The van der Waals surface area contributed by atoms with E-state index < -0.39 is 0 Å². The van der Waals surface area contributed by atoms with Gasteiger partial charge in [-0.1, -0.05) is 35.9 Å². The van der Waals surface area contributed by atoms with Gasteiger partial charge in [-0.3, -0.25) is 14.5 Å². The van der Waals surface area contributed by atoms with E-state index in [0.29, 0.717) is 17.1 Å². The Morgan fingerprint density at radius 2 is 1.86 bits per heavy atom. The van der Waals surface area contributed by atoms with Crippen LogP contribution in [-0.4, -0.2) is 46.7 Å². The molecule has 2 aromatic carbocycles. The summed E-state index contributed by atoms with van der Waals surface area (Å²) >= 11 is 5.35. The fourth-order valence-corrected chi connectivity index (χ4v) is 3.18. The van der Waals surface area contributed by atoms with Crippen LogP contribution in [0.25, 0.3) is 11.4 Å². The lowest BCUT2D eigenvalue weighted by Crippen LogP contribution is -2.30. The maximum absolute atomic E-state index is 12.8. The maximum Gasteiger partial charge on any atom is 0.242 e. The molecule has 1 amide bonds. The normalized spacial score (nSPS) is 10.7. The van der Waals surface area contributed by atoms with Gasteiger partial charge in [-0.25, -0.2) is 0 Å². The minimum absolute atomic E-state index is 0.0249. The highest BCUT2D eigenvalue weighted by atomic mass is 32.1. The Morgan fingerprint density at radius 1 is 1.14 bits per heavy atom. The van der Waals surface area contributed by atoms with Crippen molar-refractivity contribution in [3.8, 4) is 11.4 Å². The van der Waals surface area contributed by atoms with Crippen LogP contribution in [0.2, 0.25) is 0 Å². The molecule has 0 radical (unpaired) electrons. The van der Waals surface area contributed by atoms with E-state index in [0.717, 1.165) is 22.4 Å². The molecular weight excluding hydrogens is 370 g/mol. The summed E-state index contributed by atoms with van der Waals surface area (Å²) in [5.41, 5.74) is 4.27. The van der Waals surface area contributed by atoms with Gasteiger partial charge in [0.25, 0.3) is 0 Å². The quantitative estimate of drug-likeness (QED) is 0.648. The number of likely N-dealkylation sites (N-methyl/N-ethyl adjacent to an activating group) is 1. The van der Waals surface area contributed by atoms with Crippen LogP contribution >= 0.6 is 12.2 Å². The predicted octanol–water partition coefficient (Wildman–Crippen LogP) is 3.64. The fraction of sp³-hybridized carbons (Fsp3) is 0.286. The van der Waals surface area contributed by atoms with Gasteiger partial charge >= 0.3 is 0 Å². The molecule has 0 aliphatic rings. The smallest absolute Gasteiger partial charge is 0.242 e. The van der Waals surface area contributed by atoms with Crippen molar-refractivity contribution in [2.45, 2.75) is 20.0 Å². The highest BCUT2D eigenvalue weighted by Gasteiger charge is 2.15. The Balaban J connectivity index is 1.74. The molecule has 1 aromatic heterocycles. The van der Waals surface area contributed by atoms with Gasteiger partial charge in [0.05, 0.1) is 0 Å². The van der Waals surface area contributed by atoms with Gasteiger partial charge in [-0.15, -0.1) is 0 Å². The van der Waals surface area contributed by atoms with Crippen molar-refractivity contribution in [3.05, 3.63) is 64.4 Å². The Hall–Kier alpha value is -2.93. The Morgan fingerprint density at radius 3 is 2.50 bits per heavy atom. The lowest BCUT2D eigenvalue weighted by atomic mass is 10.1. The SMILES string of the molecule is Cc1cccc(-c2n[nH]c(=S)n2CC(=O)N(C)Cc2ccc(N(C)C)cc2)c1. The largest absolute Gasteiger partial charge is 0.378 e. The van der Waals surface area contributed by atoms with Crippen molar-refractivity contribution in [1.29, 1.82) is 0 Å². The average molecular weight is 396 g/mol. The third-order valence-corrected chi connectivity index (χ3v) is 4.94. The first-order valence-electron chi connectivity index (χ1n) is 9.07. The molecule has 0 spiro atoms. The van der Waals surface area contributed by atoms with E-state index >= 15 is 0 Å². The number of anilines is 1. The molecule has 1 N–H and O–H groups in total. The molecule has 3 rings (SSSR count). The highest BCUT2D eigenvalue weighted by Crippen LogP contribution is 2.19. The number of nitrogens with one attached hydrogen (secondary N) is 1. The summed E-state index contributed by atoms with van der Waals surface area (Å²) in [6, 6.07) is 16.2. The first-order valence-corrected chi connectivity index (χ1v) is 9.48.